The summed E-state index contributed by atoms with van der Waals surface area (Å²) in [6, 6.07) is 9.64. The van der Waals surface area contributed by atoms with Crippen molar-refractivity contribution >= 4 is 11.6 Å². The van der Waals surface area contributed by atoms with Crippen LogP contribution in [-0.2, 0) is 16.1 Å². The molecule has 0 aliphatic carbocycles. The normalized spacial score (nSPS) is 18.1. The minimum atomic E-state index is -0.0311. The minimum absolute atomic E-state index is 0.0311. The molecule has 1 amide bonds. The topological polar surface area (TPSA) is 68.5 Å². The summed E-state index contributed by atoms with van der Waals surface area (Å²) in [7, 11) is 0. The van der Waals surface area contributed by atoms with Gasteiger partial charge in [0.2, 0.25) is 5.91 Å². The number of nitrogens with zero attached hydrogens (tertiary/aromatic N) is 3. The molecule has 0 saturated carbocycles. The molecule has 3 rings (SSSR count). The number of hydrogen-bond acceptors (Lipinski definition) is 5. The molecule has 0 radical (unpaired) electrons. The number of hydrogen-bond donors (Lipinski definition) is 0. The van der Waals surface area contributed by atoms with Gasteiger partial charge in [0.15, 0.2) is 5.82 Å². The zero-order valence-electron chi connectivity index (χ0n) is 12.6. The average molecular weight is 301 g/mol. The van der Waals surface area contributed by atoms with E-state index in [1.54, 1.807) is 4.90 Å². The first-order chi connectivity index (χ1) is 10.8. The molecular formula is C16H19N3O3. The summed E-state index contributed by atoms with van der Waals surface area (Å²) in [6.07, 6.45) is 1.36. The largest absolute Gasteiger partial charge is 0.372 e. The van der Waals surface area contributed by atoms with E-state index in [0.717, 1.165) is 12.1 Å². The summed E-state index contributed by atoms with van der Waals surface area (Å²) in [4.78, 5) is 18.3. The first-order valence-electron chi connectivity index (χ1n) is 7.53. The van der Waals surface area contributed by atoms with Crippen molar-refractivity contribution < 1.29 is 14.1 Å². The van der Waals surface area contributed by atoms with E-state index >= 15 is 0 Å². The van der Waals surface area contributed by atoms with Crippen LogP contribution < -0.4 is 4.90 Å². The Balaban J connectivity index is 1.66. The molecule has 1 unspecified atom stereocenters. The molecule has 0 bridgehead atoms. The van der Waals surface area contributed by atoms with E-state index in [4.69, 9.17) is 9.26 Å². The first kappa shape index (κ1) is 14.7. The molecule has 1 saturated heterocycles. The zero-order valence-corrected chi connectivity index (χ0v) is 12.6. The van der Waals surface area contributed by atoms with Crippen molar-refractivity contribution in [2.24, 2.45) is 0 Å². The Morgan fingerprint density at radius 1 is 1.36 bits per heavy atom. The maximum atomic E-state index is 12.2. The molecule has 1 aliphatic heterocycles. The lowest BCUT2D eigenvalue weighted by atomic mass is 10.1. The van der Waals surface area contributed by atoms with Crippen molar-refractivity contribution in [3.05, 3.63) is 42.0 Å². The van der Waals surface area contributed by atoms with E-state index in [0.29, 0.717) is 37.9 Å². The Hall–Kier alpha value is -2.21. The summed E-state index contributed by atoms with van der Waals surface area (Å²) in [5, 5.41) is 3.99. The summed E-state index contributed by atoms with van der Waals surface area (Å²) in [5.41, 5.74) is 0.907. The van der Waals surface area contributed by atoms with Gasteiger partial charge in [-0.1, -0.05) is 30.3 Å². The highest BCUT2D eigenvalue weighted by Crippen LogP contribution is 2.30. The van der Waals surface area contributed by atoms with Crippen LogP contribution in [0.1, 0.15) is 37.4 Å². The molecule has 2 aromatic rings. The first-order valence-corrected chi connectivity index (χ1v) is 7.53. The van der Waals surface area contributed by atoms with Crippen LogP contribution in [0.4, 0.5) is 5.69 Å². The molecule has 1 atom stereocenters. The van der Waals surface area contributed by atoms with Crippen LogP contribution in [0, 0.1) is 0 Å². The molecule has 6 heteroatoms. The van der Waals surface area contributed by atoms with Crippen LogP contribution >= 0.6 is 0 Å². The molecular weight excluding hydrogens is 282 g/mol. The van der Waals surface area contributed by atoms with E-state index in [1.807, 2.05) is 37.3 Å². The monoisotopic (exact) mass is 301 g/mol. The van der Waals surface area contributed by atoms with Gasteiger partial charge in [0, 0.05) is 31.2 Å². The van der Waals surface area contributed by atoms with Gasteiger partial charge in [-0.05, 0) is 18.6 Å². The third kappa shape index (κ3) is 3.17. The van der Waals surface area contributed by atoms with E-state index in [-0.39, 0.29) is 11.8 Å². The Morgan fingerprint density at radius 2 is 2.18 bits per heavy atom. The second-order valence-electron chi connectivity index (χ2n) is 5.34. The maximum absolute atomic E-state index is 12.2. The lowest BCUT2D eigenvalue weighted by molar-refractivity contribution is -0.117. The number of carbonyl (C=O) groups excluding carboxylic acids is 1. The van der Waals surface area contributed by atoms with E-state index < -0.39 is 0 Å². The van der Waals surface area contributed by atoms with Gasteiger partial charge in [-0.25, -0.2) is 0 Å². The molecule has 116 valence electrons. The zero-order chi connectivity index (χ0) is 15.4. The average Bonchev–Trinajstić information content (AvgIpc) is 3.15. The second-order valence-corrected chi connectivity index (χ2v) is 5.34. The molecule has 1 aromatic heterocycles. The van der Waals surface area contributed by atoms with Crippen LogP contribution in [-0.4, -0.2) is 29.2 Å². The van der Waals surface area contributed by atoms with Gasteiger partial charge in [-0.3, -0.25) is 4.79 Å². The van der Waals surface area contributed by atoms with Gasteiger partial charge in [0.05, 0.1) is 0 Å². The predicted octanol–water partition coefficient (Wildman–Crippen LogP) is 2.52. The van der Waals surface area contributed by atoms with Gasteiger partial charge in [-0.2, -0.15) is 4.98 Å². The minimum Gasteiger partial charge on any atom is -0.372 e. The number of rotatable bonds is 6. The molecule has 1 aromatic carbocycles. The molecule has 2 heterocycles. The van der Waals surface area contributed by atoms with Gasteiger partial charge in [0.25, 0.3) is 5.89 Å². The van der Waals surface area contributed by atoms with Crippen molar-refractivity contribution in [1.82, 2.24) is 10.1 Å². The number of anilines is 1. The molecule has 0 N–H and O–H groups in total. The number of para-hydroxylation sites is 1. The van der Waals surface area contributed by atoms with Crippen LogP contribution in [0.25, 0.3) is 0 Å². The van der Waals surface area contributed by atoms with Crippen LogP contribution in [0.5, 0.6) is 0 Å². The van der Waals surface area contributed by atoms with Gasteiger partial charge in [-0.15, -0.1) is 0 Å². The summed E-state index contributed by atoms with van der Waals surface area (Å²) < 4.78 is 10.6. The molecule has 22 heavy (non-hydrogen) atoms. The van der Waals surface area contributed by atoms with Crippen molar-refractivity contribution in [3.8, 4) is 0 Å². The Morgan fingerprint density at radius 3 is 2.95 bits per heavy atom. The quantitative estimate of drug-likeness (QED) is 0.767. The predicted molar refractivity (Wildman–Crippen MR) is 80.4 cm³/mol. The van der Waals surface area contributed by atoms with Gasteiger partial charge >= 0.3 is 0 Å². The lowest BCUT2D eigenvalue weighted by Gasteiger charge is -2.15. The molecule has 0 spiro atoms. The molecule has 6 nitrogen and oxygen atoms in total. The fraction of sp³-hybridized carbons (Fsp3) is 0.438. The van der Waals surface area contributed by atoms with E-state index in [2.05, 4.69) is 10.1 Å². The fourth-order valence-corrected chi connectivity index (χ4v) is 2.53. The van der Waals surface area contributed by atoms with E-state index in [1.165, 1.54) is 0 Å². The number of carbonyl (C=O) groups is 1. The highest BCUT2D eigenvalue weighted by atomic mass is 16.5. The summed E-state index contributed by atoms with van der Waals surface area (Å²) >= 11 is 0. The number of aromatic nitrogens is 2. The maximum Gasteiger partial charge on any atom is 0.252 e. The van der Waals surface area contributed by atoms with Crippen molar-refractivity contribution in [2.75, 3.05) is 18.1 Å². The third-order valence-electron chi connectivity index (χ3n) is 3.62. The van der Waals surface area contributed by atoms with Crippen LogP contribution in [0.2, 0.25) is 0 Å². The number of amides is 1. The Labute approximate surface area is 129 Å². The lowest BCUT2D eigenvalue weighted by Crippen LogP contribution is -2.24. The van der Waals surface area contributed by atoms with Crippen molar-refractivity contribution in [2.45, 2.75) is 32.3 Å². The molecule has 1 fully saturated rings. The number of benzene rings is 1. The fourth-order valence-electron chi connectivity index (χ4n) is 2.53. The standard InChI is InChI=1S/C16H19N3O3/c1-2-8-21-11-14-17-16(18-22-14)12-9-15(20)19(10-12)13-6-4-3-5-7-13/h3-7,12H,2,8-11H2,1H3. The smallest absolute Gasteiger partial charge is 0.252 e. The SMILES string of the molecule is CCCOCc1nc(C2CC(=O)N(c3ccccc3)C2)no1. The number of ether oxygens (including phenoxy) is 1. The third-order valence-corrected chi connectivity index (χ3v) is 3.62. The summed E-state index contributed by atoms with van der Waals surface area (Å²) in [5.74, 6) is 1.11. The van der Waals surface area contributed by atoms with Crippen LogP contribution in [0.15, 0.2) is 34.9 Å². The van der Waals surface area contributed by atoms with Crippen molar-refractivity contribution in [3.63, 3.8) is 0 Å². The highest BCUT2D eigenvalue weighted by molar-refractivity contribution is 5.96. The van der Waals surface area contributed by atoms with Gasteiger partial charge in [0.1, 0.15) is 6.61 Å². The second kappa shape index (κ2) is 6.70. The molecule has 1 aliphatic rings. The summed E-state index contributed by atoms with van der Waals surface area (Å²) in [6.45, 7) is 3.62. The highest BCUT2D eigenvalue weighted by Gasteiger charge is 2.34. The van der Waals surface area contributed by atoms with Crippen molar-refractivity contribution in [1.29, 1.82) is 0 Å². The Kier molecular flexibility index (Phi) is 4.48. The Bertz CT molecular complexity index is 627. The van der Waals surface area contributed by atoms with Crippen LogP contribution in [0.3, 0.4) is 0 Å². The van der Waals surface area contributed by atoms with Gasteiger partial charge < -0.3 is 14.2 Å². The van der Waals surface area contributed by atoms with E-state index in [9.17, 15) is 4.79 Å².